The highest BCUT2D eigenvalue weighted by Crippen LogP contribution is 2.38. The topological polar surface area (TPSA) is 69.1 Å². The molecule has 0 aliphatic heterocycles. The van der Waals surface area contributed by atoms with Crippen LogP contribution in [0.3, 0.4) is 0 Å². The minimum absolute atomic E-state index is 0.142. The molecule has 3 N–H and O–H groups in total. The smallest absolute Gasteiger partial charge is 0.0710 e. The van der Waals surface area contributed by atoms with Crippen LogP contribution in [-0.2, 0) is 12.8 Å². The molecule has 0 unspecified atom stereocenters. The molecule has 0 amide bonds. The molecule has 0 spiro atoms. The molecule has 2 aromatic carbocycles. The van der Waals surface area contributed by atoms with E-state index in [1.165, 1.54) is 57.1 Å². The molecule has 0 atom stereocenters. The third-order valence-electron chi connectivity index (χ3n) is 6.63. The molecule has 4 nitrogen and oxygen atoms in total. The molecular weight excluding hydrogens is 372 g/mol. The van der Waals surface area contributed by atoms with Crippen molar-refractivity contribution >= 4 is 21.8 Å². The Morgan fingerprint density at radius 3 is 2.33 bits per heavy atom. The molecule has 0 fully saturated rings. The van der Waals surface area contributed by atoms with E-state index >= 15 is 0 Å². The summed E-state index contributed by atoms with van der Waals surface area (Å²) in [4.78, 5) is 8.25. The highest BCUT2D eigenvalue weighted by molar-refractivity contribution is 6.08. The SMILES string of the molecule is OCCC(CCO)c1ccc(-c2[nH]c3ccc4nccc4c3c3c2CCCC3)cc1. The van der Waals surface area contributed by atoms with Crippen LogP contribution in [-0.4, -0.2) is 33.4 Å². The third kappa shape index (κ3) is 3.30. The van der Waals surface area contributed by atoms with E-state index in [9.17, 15) is 10.2 Å². The molecule has 1 aliphatic carbocycles. The van der Waals surface area contributed by atoms with Crippen molar-refractivity contribution in [2.45, 2.75) is 44.4 Å². The summed E-state index contributed by atoms with van der Waals surface area (Å²) < 4.78 is 0. The maximum absolute atomic E-state index is 9.36. The summed E-state index contributed by atoms with van der Waals surface area (Å²) in [5.41, 5.74) is 8.77. The number of aromatic amines is 1. The van der Waals surface area contributed by atoms with Crippen LogP contribution < -0.4 is 0 Å². The van der Waals surface area contributed by atoms with E-state index in [4.69, 9.17) is 0 Å². The maximum Gasteiger partial charge on any atom is 0.0710 e. The first-order chi connectivity index (χ1) is 14.8. The lowest BCUT2D eigenvalue weighted by molar-refractivity contribution is 0.242. The summed E-state index contributed by atoms with van der Waals surface area (Å²) in [7, 11) is 0. The number of aliphatic hydroxyl groups is 2. The molecule has 2 heterocycles. The van der Waals surface area contributed by atoms with Crippen molar-refractivity contribution in [2.75, 3.05) is 13.2 Å². The molecule has 2 aromatic heterocycles. The van der Waals surface area contributed by atoms with Crippen molar-refractivity contribution in [1.29, 1.82) is 0 Å². The number of aromatic nitrogens is 2. The first-order valence-electron chi connectivity index (χ1n) is 11.0. The van der Waals surface area contributed by atoms with Gasteiger partial charge in [-0.15, -0.1) is 0 Å². The fourth-order valence-electron chi connectivity index (χ4n) is 5.14. The van der Waals surface area contributed by atoms with Crippen molar-refractivity contribution < 1.29 is 10.2 Å². The highest BCUT2D eigenvalue weighted by Gasteiger charge is 2.20. The van der Waals surface area contributed by atoms with Crippen LogP contribution >= 0.6 is 0 Å². The Morgan fingerprint density at radius 1 is 0.867 bits per heavy atom. The predicted octanol–water partition coefficient (Wildman–Crippen LogP) is 5.11. The van der Waals surface area contributed by atoms with E-state index in [0.717, 1.165) is 18.4 Å². The number of rotatable bonds is 6. The van der Waals surface area contributed by atoms with Gasteiger partial charge in [0.1, 0.15) is 0 Å². The Hall–Kier alpha value is -2.69. The standard InChI is InChI=1S/C26H28N2O2/c29-15-12-18(13-16-30)17-5-7-19(8-6-17)26-21-4-2-1-3-20(21)25-22-11-14-27-23(22)9-10-24(25)28-26/h5-11,14,18,28-30H,1-4,12-13,15-16H2. The lowest BCUT2D eigenvalue weighted by Crippen LogP contribution is -2.08. The number of nitrogens with zero attached hydrogens (tertiary/aromatic N) is 1. The van der Waals surface area contributed by atoms with Crippen LogP contribution in [0.2, 0.25) is 0 Å². The number of H-pyrrole nitrogens is 1. The first kappa shape index (κ1) is 19.3. The molecule has 4 heteroatoms. The molecule has 30 heavy (non-hydrogen) atoms. The summed E-state index contributed by atoms with van der Waals surface area (Å²) in [6.07, 6.45) is 7.94. The minimum Gasteiger partial charge on any atom is -0.396 e. The van der Waals surface area contributed by atoms with Gasteiger partial charge < -0.3 is 15.2 Å². The Labute approximate surface area is 176 Å². The van der Waals surface area contributed by atoms with Crippen molar-refractivity contribution in [3.8, 4) is 11.3 Å². The van der Waals surface area contributed by atoms with Crippen LogP contribution in [0.25, 0.3) is 33.1 Å². The number of hydrogen-bond acceptors (Lipinski definition) is 3. The largest absolute Gasteiger partial charge is 0.396 e. The Balaban J connectivity index is 1.63. The van der Waals surface area contributed by atoms with Gasteiger partial charge in [-0.1, -0.05) is 24.3 Å². The average molecular weight is 401 g/mol. The molecule has 0 saturated carbocycles. The number of nitrogens with one attached hydrogen (secondary N) is 1. The van der Waals surface area contributed by atoms with Crippen LogP contribution in [0.1, 0.15) is 48.3 Å². The quantitative estimate of drug-likeness (QED) is 0.421. The molecule has 0 saturated heterocycles. The van der Waals surface area contributed by atoms with E-state index in [-0.39, 0.29) is 19.1 Å². The van der Waals surface area contributed by atoms with Crippen molar-refractivity contribution in [2.24, 2.45) is 0 Å². The van der Waals surface area contributed by atoms with Gasteiger partial charge in [-0.3, -0.25) is 4.98 Å². The van der Waals surface area contributed by atoms with Gasteiger partial charge in [-0.25, -0.2) is 0 Å². The molecule has 154 valence electrons. The van der Waals surface area contributed by atoms with Crippen molar-refractivity contribution in [3.05, 3.63) is 65.4 Å². The summed E-state index contributed by atoms with van der Waals surface area (Å²) >= 11 is 0. The molecule has 4 aromatic rings. The number of aryl methyl sites for hydroxylation is 1. The second-order valence-corrected chi connectivity index (χ2v) is 8.37. The fourth-order valence-corrected chi connectivity index (χ4v) is 5.14. The monoisotopic (exact) mass is 400 g/mol. The van der Waals surface area contributed by atoms with Crippen LogP contribution in [0, 0.1) is 0 Å². The third-order valence-corrected chi connectivity index (χ3v) is 6.63. The van der Waals surface area contributed by atoms with E-state index in [0.29, 0.717) is 12.8 Å². The summed E-state index contributed by atoms with van der Waals surface area (Å²) in [6, 6.07) is 15.1. The average Bonchev–Trinajstić information content (AvgIpc) is 3.27. The number of hydrogen-bond donors (Lipinski definition) is 3. The first-order valence-corrected chi connectivity index (χ1v) is 11.0. The van der Waals surface area contributed by atoms with Crippen LogP contribution in [0.4, 0.5) is 0 Å². The summed E-state index contributed by atoms with van der Waals surface area (Å²) in [6.45, 7) is 0.285. The lowest BCUT2D eigenvalue weighted by atomic mass is 9.85. The van der Waals surface area contributed by atoms with Gasteiger partial charge in [-0.05, 0) is 84.9 Å². The molecule has 5 rings (SSSR count). The van der Waals surface area contributed by atoms with E-state index < -0.39 is 0 Å². The molecular formula is C26H28N2O2. The normalized spacial score (nSPS) is 14.0. The second kappa shape index (κ2) is 8.21. The van der Waals surface area contributed by atoms with Gasteiger partial charge in [0.15, 0.2) is 0 Å². The van der Waals surface area contributed by atoms with E-state index in [1.807, 2.05) is 6.20 Å². The number of benzene rings is 2. The molecule has 0 radical (unpaired) electrons. The van der Waals surface area contributed by atoms with Gasteiger partial charge in [0.05, 0.1) is 5.52 Å². The van der Waals surface area contributed by atoms with Gasteiger partial charge in [0.2, 0.25) is 0 Å². The summed E-state index contributed by atoms with van der Waals surface area (Å²) in [5.74, 6) is 0.196. The summed E-state index contributed by atoms with van der Waals surface area (Å²) in [5, 5.41) is 21.3. The van der Waals surface area contributed by atoms with Gasteiger partial charge >= 0.3 is 0 Å². The Bertz CT molecular complexity index is 1170. The number of aliphatic hydroxyl groups excluding tert-OH is 2. The molecule has 1 aliphatic rings. The number of fused-ring (bicyclic) bond motifs is 5. The van der Waals surface area contributed by atoms with Crippen LogP contribution in [0.15, 0.2) is 48.7 Å². The number of pyridine rings is 1. The maximum atomic E-state index is 9.36. The lowest BCUT2D eigenvalue weighted by Gasteiger charge is -2.23. The van der Waals surface area contributed by atoms with Crippen LogP contribution in [0.5, 0.6) is 0 Å². The molecule has 0 bridgehead atoms. The van der Waals surface area contributed by atoms with Crippen molar-refractivity contribution in [1.82, 2.24) is 9.97 Å². The van der Waals surface area contributed by atoms with Gasteiger partial charge in [0, 0.05) is 41.4 Å². The van der Waals surface area contributed by atoms with E-state index in [1.54, 1.807) is 0 Å². The Morgan fingerprint density at radius 2 is 1.60 bits per heavy atom. The zero-order valence-corrected chi connectivity index (χ0v) is 17.2. The Kier molecular flexibility index (Phi) is 5.28. The van der Waals surface area contributed by atoms with E-state index in [2.05, 4.69) is 52.4 Å². The minimum atomic E-state index is 0.142. The zero-order chi connectivity index (χ0) is 20.5. The second-order valence-electron chi connectivity index (χ2n) is 8.37. The fraction of sp³-hybridized carbons (Fsp3) is 0.346. The van der Waals surface area contributed by atoms with Crippen molar-refractivity contribution in [3.63, 3.8) is 0 Å². The van der Waals surface area contributed by atoms with Gasteiger partial charge in [0.25, 0.3) is 0 Å². The highest BCUT2D eigenvalue weighted by atomic mass is 16.3. The van der Waals surface area contributed by atoms with Gasteiger partial charge in [-0.2, -0.15) is 0 Å². The predicted molar refractivity (Wildman–Crippen MR) is 122 cm³/mol. The zero-order valence-electron chi connectivity index (χ0n) is 17.2.